The van der Waals surface area contributed by atoms with Crippen molar-refractivity contribution >= 4 is 22.9 Å². The Morgan fingerprint density at radius 2 is 1.55 bits per heavy atom. The maximum atomic E-state index is 12.8. The summed E-state index contributed by atoms with van der Waals surface area (Å²) in [5.41, 5.74) is 0.313. The topological polar surface area (TPSA) is 123 Å². The van der Waals surface area contributed by atoms with E-state index in [9.17, 15) is 14.4 Å². The number of carboxylic acid groups (broad SMARTS) is 2. The molecule has 0 radical (unpaired) electrons. The number of rotatable bonds is 7. The minimum Gasteiger partial charge on any atom is -0.479 e. The second-order valence-electron chi connectivity index (χ2n) is 6.33. The van der Waals surface area contributed by atoms with Gasteiger partial charge < -0.3 is 24.1 Å². The summed E-state index contributed by atoms with van der Waals surface area (Å²) >= 11 is 0. The van der Waals surface area contributed by atoms with Gasteiger partial charge in [0.25, 0.3) is 0 Å². The number of aliphatic carboxylic acids is 2. The third kappa shape index (κ3) is 4.37. The molecule has 0 aliphatic carbocycles. The summed E-state index contributed by atoms with van der Waals surface area (Å²) in [4.78, 5) is 35.0. The van der Waals surface area contributed by atoms with Crippen molar-refractivity contribution in [2.24, 2.45) is 0 Å². The van der Waals surface area contributed by atoms with Gasteiger partial charge in [-0.3, -0.25) is 4.79 Å². The van der Waals surface area contributed by atoms with E-state index in [-0.39, 0.29) is 22.5 Å². The van der Waals surface area contributed by atoms with E-state index in [4.69, 9.17) is 24.1 Å². The summed E-state index contributed by atoms with van der Waals surface area (Å²) in [7, 11) is 0. The van der Waals surface area contributed by atoms with Crippen molar-refractivity contribution in [2.75, 3.05) is 0 Å². The zero-order valence-electron chi connectivity index (χ0n) is 15.6. The number of hydrogen-bond acceptors (Lipinski definition) is 6. The number of ether oxygens (including phenoxy) is 2. The molecule has 0 fully saturated rings. The maximum absolute atomic E-state index is 12.8. The van der Waals surface area contributed by atoms with Gasteiger partial charge in [-0.1, -0.05) is 30.3 Å². The van der Waals surface area contributed by atoms with Crippen molar-refractivity contribution in [1.29, 1.82) is 0 Å². The Kier molecular flexibility index (Phi) is 5.54. The first kappa shape index (κ1) is 19.9. The minimum absolute atomic E-state index is 0.0353. The lowest BCUT2D eigenvalue weighted by atomic mass is 10.1. The lowest BCUT2D eigenvalue weighted by molar-refractivity contribution is -0.144. The molecule has 2 N–H and O–H groups in total. The van der Waals surface area contributed by atoms with E-state index >= 15 is 0 Å². The maximum Gasteiger partial charge on any atom is 0.344 e. The molecule has 0 unspecified atom stereocenters. The first-order valence-corrected chi connectivity index (χ1v) is 8.72. The molecular formula is C21H18O8. The van der Waals surface area contributed by atoms with Crippen LogP contribution < -0.4 is 14.9 Å². The van der Waals surface area contributed by atoms with Crippen LogP contribution in [0.4, 0.5) is 0 Å². The lowest BCUT2D eigenvalue weighted by Gasteiger charge is -2.16. The van der Waals surface area contributed by atoms with Gasteiger partial charge in [-0.15, -0.1) is 0 Å². The van der Waals surface area contributed by atoms with E-state index < -0.39 is 29.6 Å². The molecule has 1 heterocycles. The molecule has 8 heteroatoms. The molecule has 0 spiro atoms. The molecule has 0 amide bonds. The Balaban J connectivity index is 2.19. The molecule has 2 atom stereocenters. The molecule has 1 aromatic heterocycles. The van der Waals surface area contributed by atoms with Gasteiger partial charge in [0, 0.05) is 23.8 Å². The molecule has 8 nitrogen and oxygen atoms in total. The quantitative estimate of drug-likeness (QED) is 0.622. The Labute approximate surface area is 164 Å². The second kappa shape index (κ2) is 8.05. The zero-order chi connectivity index (χ0) is 21.1. The number of carbonyl (C=O) groups is 2. The van der Waals surface area contributed by atoms with Gasteiger partial charge in [-0.05, 0) is 13.8 Å². The highest BCUT2D eigenvalue weighted by Gasteiger charge is 2.21. The molecule has 0 saturated carbocycles. The van der Waals surface area contributed by atoms with Crippen molar-refractivity contribution < 1.29 is 33.7 Å². The Bertz CT molecular complexity index is 1120. The fraction of sp³-hybridized carbons (Fsp3) is 0.190. The monoisotopic (exact) mass is 398 g/mol. The SMILES string of the molecule is C[C@@H](Oc1cc(O[C@H](C)C(=O)O)c2c(=O)cc(-c3ccccc3)oc2c1)C(=O)O. The summed E-state index contributed by atoms with van der Waals surface area (Å²) < 4.78 is 16.6. The predicted molar refractivity (Wildman–Crippen MR) is 103 cm³/mol. The van der Waals surface area contributed by atoms with Crippen LogP contribution in [-0.2, 0) is 9.59 Å². The Hall–Kier alpha value is -3.81. The Morgan fingerprint density at radius 1 is 0.931 bits per heavy atom. The van der Waals surface area contributed by atoms with E-state index in [0.29, 0.717) is 11.3 Å². The summed E-state index contributed by atoms with van der Waals surface area (Å²) in [6.07, 6.45) is -2.43. The van der Waals surface area contributed by atoms with Crippen LogP contribution in [-0.4, -0.2) is 34.4 Å². The van der Waals surface area contributed by atoms with Gasteiger partial charge >= 0.3 is 11.9 Å². The van der Waals surface area contributed by atoms with Crippen LogP contribution in [0.3, 0.4) is 0 Å². The first-order chi connectivity index (χ1) is 13.8. The van der Waals surface area contributed by atoms with E-state index in [1.807, 2.05) is 6.07 Å². The third-order valence-electron chi connectivity index (χ3n) is 4.14. The molecular weight excluding hydrogens is 380 g/mol. The summed E-state index contributed by atoms with van der Waals surface area (Å²) in [5, 5.41) is 18.2. The standard InChI is InChI=1S/C21H18O8/c1-11(20(23)24)27-14-8-17(28-12(2)21(25)26)19-15(22)10-16(29-18(19)9-14)13-6-4-3-5-7-13/h3-12H,1-2H3,(H,23,24)(H,25,26)/t11-,12-/m1/s1. The highest BCUT2D eigenvalue weighted by Crippen LogP contribution is 2.33. The van der Waals surface area contributed by atoms with Gasteiger partial charge in [0.1, 0.15) is 28.2 Å². The van der Waals surface area contributed by atoms with Crippen molar-refractivity contribution in [1.82, 2.24) is 0 Å². The molecule has 3 aromatic rings. The number of carboxylic acids is 2. The van der Waals surface area contributed by atoms with E-state index in [1.54, 1.807) is 24.3 Å². The summed E-state index contributed by atoms with van der Waals surface area (Å²) in [6.45, 7) is 2.64. The number of hydrogen-bond donors (Lipinski definition) is 2. The van der Waals surface area contributed by atoms with E-state index in [1.165, 1.54) is 32.0 Å². The van der Waals surface area contributed by atoms with Crippen LogP contribution in [0.25, 0.3) is 22.3 Å². The van der Waals surface area contributed by atoms with E-state index in [2.05, 4.69) is 0 Å². The minimum atomic E-state index is -1.25. The predicted octanol–water partition coefficient (Wildman–Crippen LogP) is 3.16. The molecule has 0 bridgehead atoms. The fourth-order valence-electron chi connectivity index (χ4n) is 2.63. The van der Waals surface area contributed by atoms with Crippen molar-refractivity contribution in [3.05, 3.63) is 58.8 Å². The fourth-order valence-corrected chi connectivity index (χ4v) is 2.63. The summed E-state index contributed by atoms with van der Waals surface area (Å²) in [5.74, 6) is -2.13. The van der Waals surface area contributed by atoms with Crippen LogP contribution in [0.1, 0.15) is 13.8 Å². The van der Waals surface area contributed by atoms with E-state index in [0.717, 1.165) is 0 Å². The van der Waals surface area contributed by atoms with Crippen LogP contribution in [0.5, 0.6) is 11.5 Å². The summed E-state index contributed by atoms with van der Waals surface area (Å²) in [6, 6.07) is 12.9. The highest BCUT2D eigenvalue weighted by atomic mass is 16.5. The normalized spacial score (nSPS) is 12.9. The van der Waals surface area contributed by atoms with Gasteiger partial charge in [0.05, 0.1) is 0 Å². The molecule has 3 rings (SSSR count). The zero-order valence-corrected chi connectivity index (χ0v) is 15.6. The van der Waals surface area contributed by atoms with Gasteiger partial charge in [0.15, 0.2) is 17.6 Å². The molecule has 0 aliphatic rings. The van der Waals surface area contributed by atoms with Gasteiger partial charge in [-0.2, -0.15) is 0 Å². The average Bonchev–Trinajstić information content (AvgIpc) is 2.67. The molecule has 29 heavy (non-hydrogen) atoms. The number of fused-ring (bicyclic) bond motifs is 1. The van der Waals surface area contributed by atoms with Crippen LogP contribution in [0.15, 0.2) is 57.7 Å². The molecule has 0 saturated heterocycles. The Morgan fingerprint density at radius 3 is 2.17 bits per heavy atom. The smallest absolute Gasteiger partial charge is 0.344 e. The highest BCUT2D eigenvalue weighted by molar-refractivity contribution is 5.87. The molecule has 2 aromatic carbocycles. The molecule has 0 aliphatic heterocycles. The second-order valence-corrected chi connectivity index (χ2v) is 6.33. The van der Waals surface area contributed by atoms with Crippen LogP contribution in [0, 0.1) is 0 Å². The van der Waals surface area contributed by atoms with Crippen molar-refractivity contribution in [3.63, 3.8) is 0 Å². The van der Waals surface area contributed by atoms with Gasteiger partial charge in [0.2, 0.25) is 0 Å². The largest absolute Gasteiger partial charge is 0.479 e. The number of benzene rings is 2. The van der Waals surface area contributed by atoms with Crippen LogP contribution in [0.2, 0.25) is 0 Å². The van der Waals surface area contributed by atoms with Crippen LogP contribution >= 0.6 is 0 Å². The third-order valence-corrected chi connectivity index (χ3v) is 4.14. The van der Waals surface area contributed by atoms with Crippen molar-refractivity contribution in [2.45, 2.75) is 26.1 Å². The van der Waals surface area contributed by atoms with Gasteiger partial charge in [-0.25, -0.2) is 9.59 Å². The average molecular weight is 398 g/mol. The lowest BCUT2D eigenvalue weighted by Crippen LogP contribution is -2.24. The first-order valence-electron chi connectivity index (χ1n) is 8.72. The van der Waals surface area contributed by atoms with Crippen molar-refractivity contribution in [3.8, 4) is 22.8 Å². The molecule has 150 valence electrons.